The van der Waals surface area contributed by atoms with Crippen molar-refractivity contribution in [3.63, 3.8) is 0 Å². The van der Waals surface area contributed by atoms with Crippen LogP contribution in [-0.2, 0) is 12.8 Å². The Morgan fingerprint density at radius 1 is 1.04 bits per heavy atom. The van der Waals surface area contributed by atoms with Crippen LogP contribution in [0.4, 0.5) is 0 Å². The maximum absolute atomic E-state index is 10.3. The third-order valence-electron chi connectivity index (χ3n) is 5.03. The molecule has 6 heteroatoms. The molecule has 1 atom stereocenters. The van der Waals surface area contributed by atoms with Crippen LogP contribution in [0.3, 0.4) is 0 Å². The molecule has 0 aliphatic carbocycles. The number of methoxy groups -OCH3 is 3. The van der Waals surface area contributed by atoms with Gasteiger partial charge < -0.3 is 19.3 Å². The summed E-state index contributed by atoms with van der Waals surface area (Å²) in [7, 11) is 6.96. The summed E-state index contributed by atoms with van der Waals surface area (Å²) in [4.78, 5) is 2.32. The molecule has 0 spiro atoms. The van der Waals surface area contributed by atoms with Crippen molar-refractivity contribution < 1.29 is 19.3 Å². The fourth-order valence-corrected chi connectivity index (χ4v) is 4.02. The molecule has 1 aliphatic rings. The van der Waals surface area contributed by atoms with Gasteiger partial charge in [0.05, 0.1) is 21.3 Å². The smallest absolute Gasteiger partial charge is 0.161 e. The maximum atomic E-state index is 10.3. The summed E-state index contributed by atoms with van der Waals surface area (Å²) in [5.74, 6) is 2.11. The topological polar surface area (TPSA) is 51.2 Å². The van der Waals surface area contributed by atoms with Crippen LogP contribution >= 0.6 is 15.9 Å². The first-order valence-corrected chi connectivity index (χ1v) is 9.28. The standard InChI is InChI=1S/C20H24BrNO4/c1-22-6-5-12-8-18(24-2)17(23)10-14(12)16(22)7-13-9-19(25-3)20(26-4)11-15(13)21/h8-11,16,23H,5-7H2,1-4H3/t16-/m0/s1/i21-4. The van der Waals surface area contributed by atoms with E-state index >= 15 is 0 Å². The monoisotopic (exact) mass is 418 g/mol. The molecule has 0 bridgehead atoms. The van der Waals surface area contributed by atoms with Crippen LogP contribution in [0.15, 0.2) is 28.7 Å². The Labute approximate surface area is 162 Å². The molecule has 0 saturated heterocycles. The lowest BCUT2D eigenvalue weighted by Gasteiger charge is -2.35. The minimum absolute atomic E-state index is 0.157. The van der Waals surface area contributed by atoms with E-state index in [1.54, 1.807) is 21.3 Å². The average Bonchev–Trinajstić information content (AvgIpc) is 2.64. The maximum Gasteiger partial charge on any atom is 0.161 e. The molecule has 3 rings (SSSR count). The van der Waals surface area contributed by atoms with Crippen molar-refractivity contribution >= 4 is 15.9 Å². The van der Waals surface area contributed by atoms with E-state index in [9.17, 15) is 5.11 Å². The highest BCUT2D eigenvalue weighted by atomic mass is 75.9. The van der Waals surface area contributed by atoms with Crippen molar-refractivity contribution in [2.45, 2.75) is 18.9 Å². The number of rotatable bonds is 5. The van der Waals surface area contributed by atoms with E-state index in [2.05, 4.69) is 27.9 Å². The first kappa shape index (κ1) is 18.9. The Balaban J connectivity index is 1.99. The number of hydrogen-bond donors (Lipinski definition) is 1. The summed E-state index contributed by atoms with van der Waals surface area (Å²) < 4.78 is 17.1. The van der Waals surface area contributed by atoms with Crippen LogP contribution in [-0.4, -0.2) is 44.9 Å². The molecular formula is C20H24BrNO4. The fourth-order valence-electron chi connectivity index (χ4n) is 3.53. The first-order chi connectivity index (χ1) is 12.5. The molecule has 2 aromatic carbocycles. The summed E-state index contributed by atoms with van der Waals surface area (Å²) in [5.41, 5.74) is 3.49. The van der Waals surface area contributed by atoms with Gasteiger partial charge in [0.25, 0.3) is 0 Å². The third kappa shape index (κ3) is 3.48. The fraction of sp³-hybridized carbons (Fsp3) is 0.400. The molecule has 1 heterocycles. The summed E-state index contributed by atoms with van der Waals surface area (Å²) in [6.45, 7) is 0.955. The molecule has 2 aromatic rings. The largest absolute Gasteiger partial charge is 0.504 e. The van der Waals surface area contributed by atoms with Gasteiger partial charge in [-0.3, -0.25) is 4.90 Å². The molecule has 1 N–H and O–H groups in total. The number of halogens is 1. The molecule has 26 heavy (non-hydrogen) atoms. The molecule has 140 valence electrons. The predicted octanol–water partition coefficient (Wildman–Crippen LogP) is 3.95. The summed E-state index contributed by atoms with van der Waals surface area (Å²) in [5, 5.41) is 10.3. The molecule has 0 unspecified atom stereocenters. The zero-order valence-corrected chi connectivity index (χ0v) is 17.1. The molecule has 5 nitrogen and oxygen atoms in total. The van der Waals surface area contributed by atoms with Gasteiger partial charge in [-0.2, -0.15) is 0 Å². The van der Waals surface area contributed by atoms with Crippen LogP contribution in [0.25, 0.3) is 0 Å². The molecule has 0 radical (unpaired) electrons. The molecular weight excluding hydrogens is 394 g/mol. The second-order valence-corrected chi connectivity index (χ2v) is 7.33. The van der Waals surface area contributed by atoms with Crippen molar-refractivity contribution in [3.8, 4) is 23.0 Å². The van der Waals surface area contributed by atoms with Crippen molar-refractivity contribution in [2.75, 3.05) is 34.9 Å². The normalized spacial score (nSPS) is 16.9. The highest BCUT2D eigenvalue weighted by Crippen LogP contribution is 2.41. The van der Waals surface area contributed by atoms with Crippen LogP contribution < -0.4 is 14.2 Å². The van der Waals surface area contributed by atoms with Gasteiger partial charge in [-0.25, -0.2) is 0 Å². The van der Waals surface area contributed by atoms with E-state index in [0.717, 1.165) is 35.0 Å². The molecule has 0 fully saturated rings. The van der Waals surface area contributed by atoms with E-state index in [1.807, 2.05) is 24.3 Å². The Kier molecular flexibility index (Phi) is 5.63. The van der Waals surface area contributed by atoms with Gasteiger partial charge in [-0.05, 0) is 60.8 Å². The van der Waals surface area contributed by atoms with Crippen LogP contribution in [0.5, 0.6) is 23.0 Å². The quantitative estimate of drug-likeness (QED) is 0.797. The molecule has 0 saturated carbocycles. The number of hydrogen-bond acceptors (Lipinski definition) is 5. The van der Waals surface area contributed by atoms with Crippen molar-refractivity contribution in [3.05, 3.63) is 45.4 Å². The Morgan fingerprint density at radius 3 is 2.35 bits per heavy atom. The molecule has 1 aliphatic heterocycles. The van der Waals surface area contributed by atoms with E-state index in [4.69, 9.17) is 14.2 Å². The predicted molar refractivity (Wildman–Crippen MR) is 105 cm³/mol. The van der Waals surface area contributed by atoms with Gasteiger partial charge in [0, 0.05) is 17.1 Å². The number of likely N-dealkylation sites (N-methyl/N-ethyl adjacent to an activating group) is 1. The molecule has 0 amide bonds. The van der Waals surface area contributed by atoms with Crippen LogP contribution in [0, 0.1) is 0 Å². The Bertz CT molecular complexity index is 809. The van der Waals surface area contributed by atoms with Gasteiger partial charge in [0.2, 0.25) is 0 Å². The van der Waals surface area contributed by atoms with Crippen molar-refractivity contribution in [1.82, 2.24) is 4.90 Å². The number of ether oxygens (including phenoxy) is 3. The summed E-state index contributed by atoms with van der Waals surface area (Å²) in [6, 6.07) is 7.89. The highest BCUT2D eigenvalue weighted by molar-refractivity contribution is 9.10. The van der Waals surface area contributed by atoms with E-state index < -0.39 is 0 Å². The van der Waals surface area contributed by atoms with Gasteiger partial charge in [-0.15, -0.1) is 0 Å². The second-order valence-electron chi connectivity index (χ2n) is 6.47. The van der Waals surface area contributed by atoms with Gasteiger partial charge in [0.1, 0.15) is 0 Å². The number of nitrogens with zero attached hydrogens (tertiary/aromatic N) is 1. The van der Waals surface area contributed by atoms with E-state index in [-0.39, 0.29) is 11.8 Å². The minimum Gasteiger partial charge on any atom is -0.504 e. The van der Waals surface area contributed by atoms with E-state index in [0.29, 0.717) is 17.2 Å². The van der Waals surface area contributed by atoms with Crippen LogP contribution in [0.2, 0.25) is 0 Å². The zero-order valence-electron chi connectivity index (χ0n) is 15.5. The van der Waals surface area contributed by atoms with Crippen LogP contribution in [0.1, 0.15) is 22.7 Å². The number of benzene rings is 2. The lowest BCUT2D eigenvalue weighted by atomic mass is 9.88. The van der Waals surface area contributed by atoms with Crippen molar-refractivity contribution in [1.29, 1.82) is 0 Å². The van der Waals surface area contributed by atoms with Crippen molar-refractivity contribution in [2.24, 2.45) is 0 Å². The zero-order chi connectivity index (χ0) is 18.8. The first-order valence-electron chi connectivity index (χ1n) is 8.48. The Morgan fingerprint density at radius 2 is 1.69 bits per heavy atom. The number of phenolic OH excluding ortho intramolecular Hbond substituents is 1. The van der Waals surface area contributed by atoms with E-state index in [1.165, 1.54) is 5.56 Å². The SMILES string of the molecule is COc1cc2c(cc1O)[C@H](Cc1cc(OC)c(OC)cc1[76Br])N(C)CC2. The summed E-state index contributed by atoms with van der Waals surface area (Å²) in [6.07, 6.45) is 1.72. The highest BCUT2D eigenvalue weighted by Gasteiger charge is 2.27. The average molecular weight is 418 g/mol. The lowest BCUT2D eigenvalue weighted by molar-refractivity contribution is 0.227. The molecule has 0 aromatic heterocycles. The number of aromatic hydroxyl groups is 1. The Hall–Kier alpha value is -1.92. The lowest BCUT2D eigenvalue weighted by Crippen LogP contribution is -2.33. The second kappa shape index (κ2) is 7.76. The van der Waals surface area contributed by atoms with Gasteiger partial charge in [0.15, 0.2) is 23.0 Å². The third-order valence-corrected chi connectivity index (χ3v) is 5.77. The number of phenols is 1. The summed E-state index contributed by atoms with van der Waals surface area (Å²) >= 11 is 3.65. The van der Waals surface area contributed by atoms with Gasteiger partial charge >= 0.3 is 0 Å². The van der Waals surface area contributed by atoms with Gasteiger partial charge in [-0.1, -0.05) is 15.9 Å². The number of fused-ring (bicyclic) bond motifs is 1. The minimum atomic E-state index is 0.157.